The van der Waals surface area contributed by atoms with E-state index in [9.17, 15) is 43.5 Å². The van der Waals surface area contributed by atoms with E-state index < -0.39 is 70.9 Å². The molecule has 1 aliphatic rings. The van der Waals surface area contributed by atoms with E-state index in [4.69, 9.17) is 15.2 Å². The number of benzene rings is 1. The second-order valence-electron chi connectivity index (χ2n) is 21.2. The monoisotopic (exact) mass is 1050 g/mol. The van der Waals surface area contributed by atoms with Gasteiger partial charge in [0.05, 0.1) is 23.4 Å². The van der Waals surface area contributed by atoms with Gasteiger partial charge in [0, 0.05) is 81.5 Å². The van der Waals surface area contributed by atoms with E-state index in [1.807, 2.05) is 48.5 Å². The number of nitrogens with zero attached hydrogens (tertiary/aromatic N) is 4. The van der Waals surface area contributed by atoms with Gasteiger partial charge in [0.2, 0.25) is 23.6 Å². The van der Waals surface area contributed by atoms with Crippen LogP contribution in [-0.4, -0.2) is 148 Å². The van der Waals surface area contributed by atoms with Crippen molar-refractivity contribution in [1.82, 2.24) is 35.6 Å². The van der Waals surface area contributed by atoms with Crippen LogP contribution >= 0.6 is 11.3 Å². The minimum Gasteiger partial charge on any atom is -0.506 e. The molecule has 21 heteroatoms. The van der Waals surface area contributed by atoms with Crippen LogP contribution in [0.2, 0.25) is 0 Å². The number of carbonyl (C=O) groups is 8. The van der Waals surface area contributed by atoms with Crippen LogP contribution in [0.1, 0.15) is 142 Å². The second kappa shape index (κ2) is 28.2. The summed E-state index contributed by atoms with van der Waals surface area (Å²) in [5, 5.41) is 24.3. The minimum absolute atomic E-state index is 0.0265. The van der Waals surface area contributed by atoms with Crippen molar-refractivity contribution >= 4 is 64.3 Å². The molecule has 0 fully saturated rings. The molecule has 2 heterocycles. The van der Waals surface area contributed by atoms with Gasteiger partial charge in [0.25, 0.3) is 17.7 Å². The van der Waals surface area contributed by atoms with E-state index in [0.717, 1.165) is 16.2 Å². The fourth-order valence-electron chi connectivity index (χ4n) is 8.06. The molecule has 1 aromatic heterocycles. The lowest BCUT2D eigenvalue weighted by Gasteiger charge is -2.38. The number of phenolic OH excluding ortho intramolecular Hbond substituents is 1. The lowest BCUT2D eigenvalue weighted by molar-refractivity contribution is -0.149. The summed E-state index contributed by atoms with van der Waals surface area (Å²) in [6.45, 7) is 20.8. The first-order valence-electron chi connectivity index (χ1n) is 25.5. The van der Waals surface area contributed by atoms with Crippen LogP contribution in [0.3, 0.4) is 0 Å². The number of ether oxygens (including phenoxy) is 2. The number of imide groups is 1. The largest absolute Gasteiger partial charge is 0.506 e. The number of hydrogen-bond acceptors (Lipinski definition) is 15. The summed E-state index contributed by atoms with van der Waals surface area (Å²) < 4.78 is 11.8. The summed E-state index contributed by atoms with van der Waals surface area (Å²) in [7, 11) is 5.26. The van der Waals surface area contributed by atoms with Gasteiger partial charge < -0.3 is 46.5 Å². The van der Waals surface area contributed by atoms with Gasteiger partial charge >= 0.3 is 5.97 Å². The van der Waals surface area contributed by atoms with Gasteiger partial charge in [-0.3, -0.25) is 48.2 Å². The molecule has 7 atom stereocenters. The zero-order chi connectivity index (χ0) is 55.8. The van der Waals surface area contributed by atoms with Gasteiger partial charge in [-0.15, -0.1) is 11.3 Å². The quantitative estimate of drug-likeness (QED) is 0.0347. The van der Waals surface area contributed by atoms with Crippen molar-refractivity contribution in [2.45, 2.75) is 163 Å². The number of likely N-dealkylation sites (N-methyl/N-ethyl adjacent to an activating group) is 2. The summed E-state index contributed by atoms with van der Waals surface area (Å²) in [5.74, 6) is -4.51. The molecule has 0 saturated heterocycles. The molecule has 0 bridgehead atoms. The van der Waals surface area contributed by atoms with Crippen LogP contribution in [-0.2, 0) is 49.5 Å². The summed E-state index contributed by atoms with van der Waals surface area (Å²) in [5.41, 5.74) is 5.17. The zero-order valence-electron chi connectivity index (χ0n) is 46.0. The van der Waals surface area contributed by atoms with Crippen molar-refractivity contribution in [2.75, 3.05) is 46.2 Å². The third-order valence-electron chi connectivity index (χ3n) is 13.5. The van der Waals surface area contributed by atoms with E-state index in [1.54, 1.807) is 69.2 Å². The van der Waals surface area contributed by atoms with Crippen LogP contribution in [0.15, 0.2) is 35.7 Å². The molecular formula is C53H83N9O11S. The number of nitrogens with two attached hydrogens (primary N) is 1. The van der Waals surface area contributed by atoms with Crippen LogP contribution < -0.4 is 27.0 Å². The summed E-state index contributed by atoms with van der Waals surface area (Å²) in [4.78, 5) is 114. The van der Waals surface area contributed by atoms with E-state index >= 15 is 0 Å². The molecule has 7 N–H and O–H groups in total. The zero-order valence-corrected chi connectivity index (χ0v) is 46.8. The standard InChI is InChI=1S/C53H83N9O11S/c1-15-32(4)46(59-51(71)53(10,11)60(12)13)50(70)61(14)40(31(2)3)28-42(73-35(7)63)49-58-39(30-74-49)48(69)56-37(25-33(5)47(68)55-23-22-52(8,9)72-29-34(6)54)26-36-18-19-41(64)38(27-36)57-43(65)17-16-24-62-44(66)20-21-45(62)67/h18-21,27,30-34,37,40,42,46,64H,15-17,22-26,28-29,54H2,1-14H3,(H,55,68)(H,56,69)(H,57,65)(H,59,71)/t32-,33?,34?,37+,40?,42+,46-/m0/s1. The molecule has 7 amide bonds. The van der Waals surface area contributed by atoms with Crippen molar-refractivity contribution in [3.05, 3.63) is 52.0 Å². The number of nitrogens with one attached hydrogen (secondary N) is 4. The molecule has 0 aliphatic carbocycles. The Balaban J connectivity index is 1.89. The number of thiazole rings is 1. The van der Waals surface area contributed by atoms with Crippen LogP contribution in [0.4, 0.5) is 5.69 Å². The van der Waals surface area contributed by atoms with Gasteiger partial charge in [-0.2, -0.15) is 0 Å². The van der Waals surface area contributed by atoms with Crippen molar-refractivity contribution in [3.63, 3.8) is 0 Å². The van der Waals surface area contributed by atoms with E-state index in [2.05, 4.69) is 26.3 Å². The number of amides is 7. The van der Waals surface area contributed by atoms with Crippen LogP contribution in [0, 0.1) is 17.8 Å². The van der Waals surface area contributed by atoms with Gasteiger partial charge in [-0.1, -0.05) is 47.1 Å². The van der Waals surface area contributed by atoms with Crippen molar-refractivity contribution in [2.24, 2.45) is 23.5 Å². The molecule has 1 aliphatic heterocycles. The maximum absolute atomic E-state index is 14.4. The number of aromatic hydroxyl groups is 1. The van der Waals surface area contributed by atoms with Gasteiger partial charge in [0.15, 0.2) is 6.10 Å². The van der Waals surface area contributed by atoms with E-state index in [-0.39, 0.29) is 91.4 Å². The average molecular weight is 1050 g/mol. The molecule has 412 valence electrons. The molecule has 1 aromatic carbocycles. The molecule has 20 nitrogen and oxygen atoms in total. The highest BCUT2D eigenvalue weighted by Crippen LogP contribution is 2.32. The number of anilines is 1. The molecule has 0 saturated carbocycles. The number of carbonyl (C=O) groups excluding carboxylic acids is 8. The van der Waals surface area contributed by atoms with Gasteiger partial charge in [-0.05, 0) is 104 Å². The average Bonchev–Trinajstić information content (AvgIpc) is 3.94. The molecule has 0 spiro atoms. The molecule has 2 aromatic rings. The highest BCUT2D eigenvalue weighted by molar-refractivity contribution is 7.09. The summed E-state index contributed by atoms with van der Waals surface area (Å²) >= 11 is 1.12. The molecular weight excluding hydrogens is 971 g/mol. The Morgan fingerprint density at radius 3 is 2.18 bits per heavy atom. The summed E-state index contributed by atoms with van der Waals surface area (Å²) in [6, 6.07) is 2.46. The van der Waals surface area contributed by atoms with E-state index in [0.29, 0.717) is 36.6 Å². The molecule has 0 radical (unpaired) electrons. The van der Waals surface area contributed by atoms with Crippen molar-refractivity contribution < 1.29 is 52.9 Å². The number of phenols is 1. The summed E-state index contributed by atoms with van der Waals surface area (Å²) in [6.07, 6.45) is 3.15. The highest BCUT2D eigenvalue weighted by atomic mass is 32.1. The minimum atomic E-state index is -0.951. The Morgan fingerprint density at radius 2 is 1.59 bits per heavy atom. The molecule has 74 heavy (non-hydrogen) atoms. The second-order valence-corrected chi connectivity index (χ2v) is 22.1. The highest BCUT2D eigenvalue weighted by Gasteiger charge is 2.39. The first-order valence-corrected chi connectivity index (χ1v) is 26.4. The maximum Gasteiger partial charge on any atom is 0.303 e. The third kappa shape index (κ3) is 18.9. The third-order valence-corrected chi connectivity index (χ3v) is 14.5. The maximum atomic E-state index is 14.4. The topological polar surface area (TPSA) is 272 Å². The SMILES string of the molecule is CC[C@H](C)[C@H](NC(=O)C(C)(C)N(C)C)C(=O)N(C)C(C[C@@H](OC(C)=O)c1nc(C(=O)N[C@@H](Cc2ccc(O)c(NC(=O)CCCN3C(=O)C=CC3=O)c2)CC(C)C(=O)NCCC(C)(C)OCC(C)N)cs1)C(C)C. The number of aromatic nitrogens is 1. The first-order chi connectivity index (χ1) is 34.5. The Hall–Kier alpha value is -5.77. The van der Waals surface area contributed by atoms with Gasteiger partial charge in [-0.25, -0.2) is 4.98 Å². The van der Waals surface area contributed by atoms with E-state index in [1.165, 1.54) is 25.1 Å². The van der Waals surface area contributed by atoms with Crippen molar-refractivity contribution in [1.29, 1.82) is 0 Å². The Bertz CT molecular complexity index is 2300. The number of rotatable bonds is 30. The smallest absolute Gasteiger partial charge is 0.303 e. The predicted molar refractivity (Wildman–Crippen MR) is 284 cm³/mol. The lowest BCUT2D eigenvalue weighted by Crippen LogP contribution is -2.60. The predicted octanol–water partition coefficient (Wildman–Crippen LogP) is 4.86. The fraction of sp³-hybridized carbons (Fsp3) is 0.642. The van der Waals surface area contributed by atoms with Gasteiger partial charge in [0.1, 0.15) is 22.5 Å². The first kappa shape index (κ1) is 62.5. The van der Waals surface area contributed by atoms with Crippen LogP contribution in [0.5, 0.6) is 5.75 Å². The van der Waals surface area contributed by atoms with Crippen molar-refractivity contribution in [3.8, 4) is 5.75 Å². The Morgan fingerprint density at radius 1 is 0.946 bits per heavy atom. The molecule has 3 rings (SSSR count). The number of hydrogen-bond donors (Lipinski definition) is 6. The Labute approximate surface area is 441 Å². The Kier molecular flexibility index (Phi) is 23.8. The molecule has 3 unspecified atom stereocenters. The lowest BCUT2D eigenvalue weighted by atomic mass is 9.92. The fourth-order valence-corrected chi connectivity index (χ4v) is 8.90. The normalized spacial score (nSPS) is 15.8. The van der Waals surface area contributed by atoms with Crippen LogP contribution in [0.25, 0.3) is 0 Å². The number of esters is 1.